The molecule has 6 nitrogen and oxygen atoms in total. The lowest BCUT2D eigenvalue weighted by Crippen LogP contribution is -2.36. The number of rotatable bonds is 28. The van der Waals surface area contributed by atoms with Crippen LogP contribution in [0, 0.1) is 11.8 Å². The molecule has 0 bridgehead atoms. The van der Waals surface area contributed by atoms with Gasteiger partial charge in [-0.15, -0.1) is 46.4 Å². The Morgan fingerprint density at radius 3 is 1.21 bits per heavy atom. The lowest BCUT2D eigenvalue weighted by atomic mass is 9.89. The number of unbranched alkanes of at least 4 members (excludes halogenated alkanes) is 2. The summed E-state index contributed by atoms with van der Waals surface area (Å²) >= 11 is 24.3. The molecule has 2 aromatic rings. The van der Waals surface area contributed by atoms with Crippen LogP contribution in [0.1, 0.15) is 79.5 Å². The summed E-state index contributed by atoms with van der Waals surface area (Å²) in [5, 5.41) is 0. The quantitative estimate of drug-likeness (QED) is 0.0495. The first-order valence-electron chi connectivity index (χ1n) is 17.1. The number of ketones is 2. The summed E-state index contributed by atoms with van der Waals surface area (Å²) in [5.41, 5.74) is 1.37. The fourth-order valence-corrected chi connectivity index (χ4v) is 6.56. The molecule has 0 spiro atoms. The maximum Gasteiger partial charge on any atom is 0.167 e. The topological polar surface area (TPSA) is 59.1 Å². The van der Waals surface area contributed by atoms with Crippen LogP contribution in [0.15, 0.2) is 48.5 Å². The predicted molar refractivity (Wildman–Crippen MR) is 199 cm³/mol. The van der Waals surface area contributed by atoms with Crippen LogP contribution in [0.3, 0.4) is 0 Å². The minimum Gasteiger partial charge on any atom is -0.494 e. The Morgan fingerprint density at radius 1 is 0.574 bits per heavy atom. The summed E-state index contributed by atoms with van der Waals surface area (Å²) in [7, 11) is 0. The van der Waals surface area contributed by atoms with Gasteiger partial charge in [0.2, 0.25) is 0 Å². The van der Waals surface area contributed by atoms with Crippen molar-refractivity contribution in [2.45, 2.75) is 58.8 Å². The molecular formula is C37H54Cl4N2O4. The Hall–Kier alpha value is -1.54. The highest BCUT2D eigenvalue weighted by Gasteiger charge is 2.25. The van der Waals surface area contributed by atoms with Gasteiger partial charge < -0.3 is 19.3 Å². The zero-order chi connectivity index (χ0) is 34.3. The van der Waals surface area contributed by atoms with Gasteiger partial charge in [0.1, 0.15) is 11.5 Å². The minimum atomic E-state index is -0.183. The van der Waals surface area contributed by atoms with Crippen molar-refractivity contribution in [2.75, 3.05) is 76.0 Å². The van der Waals surface area contributed by atoms with Crippen LogP contribution in [0.25, 0.3) is 0 Å². The molecule has 0 aromatic heterocycles. The van der Waals surface area contributed by atoms with E-state index in [1.165, 1.54) is 0 Å². The smallest absolute Gasteiger partial charge is 0.167 e. The predicted octanol–water partition coefficient (Wildman–Crippen LogP) is 9.07. The Morgan fingerprint density at radius 2 is 0.915 bits per heavy atom. The second kappa shape index (κ2) is 25.4. The van der Waals surface area contributed by atoms with E-state index in [1.54, 1.807) is 0 Å². The van der Waals surface area contributed by atoms with E-state index < -0.39 is 0 Å². The first-order chi connectivity index (χ1) is 22.9. The van der Waals surface area contributed by atoms with Gasteiger partial charge in [0.15, 0.2) is 11.6 Å². The van der Waals surface area contributed by atoms with Gasteiger partial charge in [-0.1, -0.05) is 33.1 Å². The highest BCUT2D eigenvalue weighted by atomic mass is 35.5. The molecule has 10 heteroatoms. The van der Waals surface area contributed by atoms with Crippen molar-refractivity contribution in [2.24, 2.45) is 11.8 Å². The number of hydrogen-bond acceptors (Lipinski definition) is 6. The molecule has 0 radical (unpaired) electrons. The Balaban J connectivity index is 2.10. The highest BCUT2D eigenvalue weighted by Crippen LogP contribution is 2.24. The van der Waals surface area contributed by atoms with Crippen LogP contribution in [-0.4, -0.2) is 97.4 Å². The second-order valence-electron chi connectivity index (χ2n) is 11.9. The van der Waals surface area contributed by atoms with Gasteiger partial charge in [-0.2, -0.15) is 0 Å². The van der Waals surface area contributed by atoms with E-state index in [1.807, 2.05) is 48.5 Å². The van der Waals surface area contributed by atoms with Crippen LogP contribution in [0.5, 0.6) is 11.5 Å². The Kier molecular flexibility index (Phi) is 22.5. The van der Waals surface area contributed by atoms with Crippen LogP contribution in [0.2, 0.25) is 0 Å². The van der Waals surface area contributed by atoms with Crippen LogP contribution in [0.4, 0.5) is 0 Å². The van der Waals surface area contributed by atoms with Gasteiger partial charge >= 0.3 is 0 Å². The molecule has 0 amide bonds. The lowest BCUT2D eigenvalue weighted by Gasteiger charge is -2.26. The fourth-order valence-electron chi connectivity index (χ4n) is 5.60. The summed E-state index contributed by atoms with van der Waals surface area (Å²) in [4.78, 5) is 31.8. The molecule has 0 aliphatic carbocycles. The van der Waals surface area contributed by atoms with Crippen molar-refractivity contribution >= 4 is 58.0 Å². The largest absolute Gasteiger partial charge is 0.494 e. The maximum absolute atomic E-state index is 13.7. The zero-order valence-electron chi connectivity index (χ0n) is 28.2. The number of ether oxygens (including phenoxy) is 2. The number of halogens is 4. The summed E-state index contributed by atoms with van der Waals surface area (Å²) in [6.45, 7) is 9.35. The monoisotopic (exact) mass is 730 g/mol. The number of carbonyl (C=O) groups is 2. The molecule has 2 aromatic carbocycles. The average molecular weight is 733 g/mol. The van der Waals surface area contributed by atoms with E-state index in [-0.39, 0.29) is 23.4 Å². The molecule has 47 heavy (non-hydrogen) atoms. The first-order valence-corrected chi connectivity index (χ1v) is 19.3. The van der Waals surface area contributed by atoms with E-state index in [9.17, 15) is 9.59 Å². The average Bonchev–Trinajstić information content (AvgIpc) is 3.08. The Labute approximate surface area is 303 Å². The molecule has 0 saturated carbocycles. The number of nitrogens with zero attached hydrogens (tertiary/aromatic N) is 2. The third-order valence-corrected chi connectivity index (χ3v) is 8.81. The molecule has 0 N–H and O–H groups in total. The second-order valence-corrected chi connectivity index (χ2v) is 13.4. The third kappa shape index (κ3) is 16.1. The molecule has 0 heterocycles. The van der Waals surface area contributed by atoms with Crippen LogP contribution in [-0.2, 0) is 0 Å². The van der Waals surface area contributed by atoms with E-state index in [0.717, 1.165) is 56.4 Å². The molecule has 2 rings (SSSR count). The van der Waals surface area contributed by atoms with Gasteiger partial charge in [-0.05, 0) is 74.2 Å². The molecule has 0 fully saturated rings. The summed E-state index contributed by atoms with van der Waals surface area (Å²) in [6.07, 6.45) is 6.01. The zero-order valence-corrected chi connectivity index (χ0v) is 31.3. The fraction of sp³-hybridized carbons (Fsp3) is 0.622. The standard InChI is InChI=1S/C37H54Cl4N2O4/c1-3-26-46-34-14-10-30(11-15-34)36(44)32(28-42(22-18-38)23-19-39)8-6-5-7-9-33(29-43(24-20-40)25-21-41)37(45)31-12-16-35(17-13-31)47-27-4-2/h10-17,32-33H,3-9,18-29H2,1-2H3/t32-,33-/m1/s1. The van der Waals surface area contributed by atoms with Crippen molar-refractivity contribution in [3.63, 3.8) is 0 Å². The van der Waals surface area contributed by atoms with Gasteiger partial charge in [0.25, 0.3) is 0 Å². The van der Waals surface area contributed by atoms with Crippen molar-refractivity contribution in [1.29, 1.82) is 0 Å². The lowest BCUT2D eigenvalue weighted by molar-refractivity contribution is 0.0873. The number of hydrogen-bond donors (Lipinski definition) is 0. The van der Waals surface area contributed by atoms with Crippen molar-refractivity contribution < 1.29 is 19.1 Å². The first kappa shape index (κ1) is 41.6. The molecule has 264 valence electrons. The van der Waals surface area contributed by atoms with Crippen molar-refractivity contribution in [3.05, 3.63) is 59.7 Å². The number of benzene rings is 2. The SMILES string of the molecule is CCCOc1ccc(C(=O)[C@H](CCCCC[C@H](CN(CCCl)CCCl)C(=O)c2ccc(OCCC)cc2)CN(CCCl)CCCl)cc1. The molecule has 0 saturated heterocycles. The maximum atomic E-state index is 13.7. The molecule has 0 unspecified atom stereocenters. The number of Topliss-reactive ketones (excluding diaryl/α,β-unsaturated/α-hetero) is 2. The normalized spacial score (nSPS) is 12.8. The van der Waals surface area contributed by atoms with E-state index in [4.69, 9.17) is 55.9 Å². The third-order valence-electron chi connectivity index (χ3n) is 8.13. The summed E-state index contributed by atoms with van der Waals surface area (Å²) in [5.74, 6) is 3.35. The van der Waals surface area contributed by atoms with E-state index in [2.05, 4.69) is 23.6 Å². The molecular weight excluding hydrogens is 678 g/mol. The van der Waals surface area contributed by atoms with Gasteiger partial charge in [-0.3, -0.25) is 9.59 Å². The molecule has 0 aliphatic rings. The van der Waals surface area contributed by atoms with Gasteiger partial charge in [0, 0.05) is 85.8 Å². The molecule has 2 atom stereocenters. The highest BCUT2D eigenvalue weighted by molar-refractivity contribution is 6.18. The van der Waals surface area contributed by atoms with E-state index in [0.29, 0.717) is 87.1 Å². The van der Waals surface area contributed by atoms with Gasteiger partial charge in [-0.25, -0.2) is 0 Å². The minimum absolute atomic E-state index is 0.124. The van der Waals surface area contributed by atoms with Crippen molar-refractivity contribution in [1.82, 2.24) is 9.80 Å². The Bertz CT molecular complexity index is 1020. The number of alkyl halides is 4. The van der Waals surface area contributed by atoms with E-state index >= 15 is 0 Å². The van der Waals surface area contributed by atoms with Crippen LogP contribution >= 0.6 is 46.4 Å². The van der Waals surface area contributed by atoms with Gasteiger partial charge in [0.05, 0.1) is 13.2 Å². The summed E-state index contributed by atoms with van der Waals surface area (Å²) < 4.78 is 11.4. The molecule has 0 aliphatic heterocycles. The van der Waals surface area contributed by atoms with Crippen LogP contribution < -0.4 is 9.47 Å². The number of carbonyl (C=O) groups excluding carboxylic acids is 2. The van der Waals surface area contributed by atoms with Crippen molar-refractivity contribution in [3.8, 4) is 11.5 Å². The summed E-state index contributed by atoms with van der Waals surface area (Å²) in [6, 6.07) is 14.9.